The number of benzene rings is 2. The Hall–Kier alpha value is -3.74. The largest absolute Gasteiger partial charge is 0.493 e. The molecule has 0 atom stereocenters. The second kappa shape index (κ2) is 9.84. The molecule has 0 saturated carbocycles. The Morgan fingerprint density at radius 2 is 1.77 bits per heavy atom. The zero-order valence-electron chi connectivity index (χ0n) is 18.4. The molecule has 0 aliphatic carbocycles. The monoisotopic (exact) mass is 421 g/mol. The van der Waals surface area contributed by atoms with Gasteiger partial charge in [-0.25, -0.2) is 4.79 Å². The van der Waals surface area contributed by atoms with Crippen LogP contribution in [0.4, 0.5) is 0 Å². The fourth-order valence-corrected chi connectivity index (χ4v) is 3.48. The molecule has 0 bridgehead atoms. The van der Waals surface area contributed by atoms with Gasteiger partial charge in [-0.15, -0.1) is 0 Å². The number of methoxy groups -OCH3 is 3. The van der Waals surface area contributed by atoms with Gasteiger partial charge in [0.1, 0.15) is 0 Å². The number of aromatic nitrogens is 1. The summed E-state index contributed by atoms with van der Waals surface area (Å²) in [7, 11) is 4.61. The number of hydrazone groups is 1. The lowest BCUT2D eigenvalue weighted by Gasteiger charge is -2.13. The van der Waals surface area contributed by atoms with Crippen molar-refractivity contribution < 1.29 is 19.0 Å². The van der Waals surface area contributed by atoms with Gasteiger partial charge in [0.2, 0.25) is 0 Å². The highest BCUT2D eigenvalue weighted by Crippen LogP contribution is 2.27. The normalized spacial score (nSPS) is 10.9. The van der Waals surface area contributed by atoms with Gasteiger partial charge in [0.15, 0.2) is 11.5 Å². The molecular formula is C24H27N3O4. The van der Waals surface area contributed by atoms with Crippen molar-refractivity contribution in [2.45, 2.75) is 20.4 Å². The molecular weight excluding hydrogens is 394 g/mol. The number of esters is 1. The Kier molecular flexibility index (Phi) is 6.97. The molecule has 7 heteroatoms. The van der Waals surface area contributed by atoms with E-state index >= 15 is 0 Å². The van der Waals surface area contributed by atoms with Crippen molar-refractivity contribution in [3.8, 4) is 17.2 Å². The van der Waals surface area contributed by atoms with Crippen LogP contribution in [0.15, 0.2) is 53.6 Å². The summed E-state index contributed by atoms with van der Waals surface area (Å²) >= 11 is 0. The second-order valence-corrected chi connectivity index (χ2v) is 6.95. The fourth-order valence-electron chi connectivity index (χ4n) is 3.48. The highest BCUT2D eigenvalue weighted by molar-refractivity contribution is 5.94. The van der Waals surface area contributed by atoms with E-state index in [2.05, 4.69) is 10.5 Å². The van der Waals surface area contributed by atoms with Crippen LogP contribution in [0.5, 0.6) is 11.5 Å². The van der Waals surface area contributed by atoms with Gasteiger partial charge in [-0.2, -0.15) is 5.10 Å². The third-order valence-corrected chi connectivity index (χ3v) is 5.05. The minimum atomic E-state index is -0.366. The van der Waals surface area contributed by atoms with E-state index in [4.69, 9.17) is 14.2 Å². The Morgan fingerprint density at radius 1 is 1.03 bits per heavy atom. The van der Waals surface area contributed by atoms with Gasteiger partial charge in [0.25, 0.3) is 0 Å². The predicted octanol–water partition coefficient (Wildman–Crippen LogP) is 4.02. The summed E-state index contributed by atoms with van der Waals surface area (Å²) in [6.45, 7) is 4.53. The number of hydrogen-bond acceptors (Lipinski definition) is 6. The molecule has 0 unspecified atom stereocenters. The average molecular weight is 421 g/mol. The van der Waals surface area contributed by atoms with Crippen LogP contribution < -0.4 is 14.9 Å². The van der Waals surface area contributed by atoms with Crippen molar-refractivity contribution in [3.63, 3.8) is 0 Å². The van der Waals surface area contributed by atoms with Crippen molar-refractivity contribution >= 4 is 12.2 Å². The van der Waals surface area contributed by atoms with Crippen molar-refractivity contribution in [1.29, 1.82) is 0 Å². The summed E-state index contributed by atoms with van der Waals surface area (Å²) in [5, 5.41) is 4.37. The van der Waals surface area contributed by atoms with E-state index in [0.717, 1.165) is 28.2 Å². The Balaban J connectivity index is 1.78. The van der Waals surface area contributed by atoms with E-state index in [1.807, 2.05) is 60.9 Å². The molecule has 31 heavy (non-hydrogen) atoms. The molecule has 0 aliphatic heterocycles. The first-order valence-electron chi connectivity index (χ1n) is 9.83. The van der Waals surface area contributed by atoms with Gasteiger partial charge in [-0.05, 0) is 49.7 Å². The van der Waals surface area contributed by atoms with Crippen LogP contribution in [0.2, 0.25) is 0 Å². The molecule has 3 aromatic rings. The van der Waals surface area contributed by atoms with Crippen molar-refractivity contribution in [2.24, 2.45) is 5.10 Å². The third kappa shape index (κ3) is 4.71. The summed E-state index contributed by atoms with van der Waals surface area (Å²) < 4.78 is 17.6. The van der Waals surface area contributed by atoms with Crippen LogP contribution in [0.3, 0.4) is 0 Å². The first-order valence-corrected chi connectivity index (χ1v) is 9.83. The summed E-state index contributed by atoms with van der Waals surface area (Å²) in [6.07, 6.45) is 1.78. The summed E-state index contributed by atoms with van der Waals surface area (Å²) in [6, 6.07) is 15.2. The number of nitrogens with zero attached hydrogens (tertiary/aromatic N) is 2. The smallest absolute Gasteiger partial charge is 0.339 e. The number of carbonyl (C=O) groups excluding carboxylic acids is 1. The molecule has 1 aromatic heterocycles. The van der Waals surface area contributed by atoms with Crippen LogP contribution >= 0.6 is 0 Å². The minimum Gasteiger partial charge on any atom is -0.493 e. The van der Waals surface area contributed by atoms with Gasteiger partial charge in [0.05, 0.1) is 45.3 Å². The molecule has 7 nitrogen and oxygen atoms in total. The predicted molar refractivity (Wildman–Crippen MR) is 121 cm³/mol. The van der Waals surface area contributed by atoms with Gasteiger partial charge in [-0.1, -0.05) is 18.2 Å². The van der Waals surface area contributed by atoms with E-state index in [9.17, 15) is 4.79 Å². The van der Waals surface area contributed by atoms with E-state index in [0.29, 0.717) is 23.6 Å². The van der Waals surface area contributed by atoms with Crippen LogP contribution in [0, 0.1) is 13.8 Å². The molecule has 0 spiro atoms. The van der Waals surface area contributed by atoms with Crippen LogP contribution in [0.1, 0.15) is 32.9 Å². The number of rotatable bonds is 8. The number of aryl methyl sites for hydroxylation is 1. The Morgan fingerprint density at radius 3 is 2.48 bits per heavy atom. The lowest BCUT2D eigenvalue weighted by Crippen LogP contribution is -2.10. The van der Waals surface area contributed by atoms with Crippen molar-refractivity contribution in [3.05, 3.63) is 76.6 Å². The molecule has 2 aromatic carbocycles. The number of ether oxygens (including phenoxy) is 3. The first kappa shape index (κ1) is 22.0. The van der Waals surface area contributed by atoms with Gasteiger partial charge in [-0.3, -0.25) is 0 Å². The topological polar surface area (TPSA) is 74.1 Å². The highest BCUT2D eigenvalue weighted by atomic mass is 16.5. The summed E-state index contributed by atoms with van der Waals surface area (Å²) in [5.41, 5.74) is 8.31. The molecule has 0 radical (unpaired) electrons. The maximum absolute atomic E-state index is 12.2. The number of nitrogens with one attached hydrogen (secondary N) is 1. The van der Waals surface area contributed by atoms with Crippen molar-refractivity contribution in [2.75, 3.05) is 21.3 Å². The lowest BCUT2D eigenvalue weighted by molar-refractivity contribution is 0.0600. The SMILES string of the molecule is COC(=O)c1ccccc1-n1c(C)cc(/C=N\NCc2ccc(OC)c(OC)c2)c1C. The molecule has 3 rings (SSSR count). The Bertz CT molecular complexity index is 1100. The number of carbonyl (C=O) groups is 1. The Labute approximate surface area is 182 Å². The molecule has 0 aliphatic rings. The average Bonchev–Trinajstić information content (AvgIpc) is 3.08. The third-order valence-electron chi connectivity index (χ3n) is 5.05. The van der Waals surface area contributed by atoms with E-state index in [1.165, 1.54) is 7.11 Å². The minimum absolute atomic E-state index is 0.366. The van der Waals surface area contributed by atoms with Gasteiger partial charge >= 0.3 is 5.97 Å². The molecule has 0 saturated heterocycles. The zero-order valence-corrected chi connectivity index (χ0v) is 18.4. The van der Waals surface area contributed by atoms with Gasteiger partial charge < -0.3 is 24.2 Å². The van der Waals surface area contributed by atoms with E-state index in [1.54, 1.807) is 26.5 Å². The van der Waals surface area contributed by atoms with Crippen LogP contribution in [0.25, 0.3) is 5.69 Å². The summed E-state index contributed by atoms with van der Waals surface area (Å²) in [5.74, 6) is 1.00. The zero-order chi connectivity index (χ0) is 22.4. The van der Waals surface area contributed by atoms with Gasteiger partial charge in [0, 0.05) is 17.0 Å². The van der Waals surface area contributed by atoms with Crippen LogP contribution in [-0.4, -0.2) is 38.1 Å². The first-order chi connectivity index (χ1) is 15.0. The molecule has 1 N–H and O–H groups in total. The maximum Gasteiger partial charge on any atom is 0.339 e. The molecule has 0 amide bonds. The van der Waals surface area contributed by atoms with E-state index < -0.39 is 0 Å². The number of para-hydroxylation sites is 1. The quantitative estimate of drug-likeness (QED) is 0.338. The molecule has 0 fully saturated rings. The summed E-state index contributed by atoms with van der Waals surface area (Å²) in [4.78, 5) is 12.2. The second-order valence-electron chi connectivity index (χ2n) is 6.95. The fraction of sp³-hybridized carbons (Fsp3) is 0.250. The van der Waals surface area contributed by atoms with Crippen LogP contribution in [-0.2, 0) is 11.3 Å². The van der Waals surface area contributed by atoms with Crippen molar-refractivity contribution in [1.82, 2.24) is 9.99 Å². The number of hydrogen-bond donors (Lipinski definition) is 1. The standard InChI is InChI=1S/C24H27N3O4/c1-16-12-19(15-26-25-14-18-10-11-22(29-3)23(13-18)30-4)17(2)27(16)21-9-7-6-8-20(21)24(28)31-5/h6-13,15,25H,14H2,1-5H3/b26-15-. The maximum atomic E-state index is 12.2. The molecule has 1 heterocycles. The lowest BCUT2D eigenvalue weighted by atomic mass is 10.1. The molecule has 162 valence electrons. The van der Waals surface area contributed by atoms with E-state index in [-0.39, 0.29) is 5.97 Å². The highest BCUT2D eigenvalue weighted by Gasteiger charge is 2.16.